The van der Waals surface area contributed by atoms with Gasteiger partial charge in [0.25, 0.3) is 0 Å². The molecule has 1 aromatic carbocycles. The van der Waals surface area contributed by atoms with Crippen LogP contribution in [0.3, 0.4) is 0 Å². The van der Waals surface area contributed by atoms with Gasteiger partial charge in [-0.05, 0) is 32.4 Å². The van der Waals surface area contributed by atoms with E-state index in [1.165, 1.54) is 13.4 Å². The summed E-state index contributed by atoms with van der Waals surface area (Å²) in [4.78, 5) is 48.0. The molecule has 2 amide bonds. The molecule has 0 saturated heterocycles. The van der Waals surface area contributed by atoms with Gasteiger partial charge in [0.2, 0.25) is 5.91 Å². The van der Waals surface area contributed by atoms with Gasteiger partial charge < -0.3 is 30.1 Å². The van der Waals surface area contributed by atoms with Gasteiger partial charge in [-0.25, -0.2) is 14.6 Å². The molecule has 0 unspecified atom stereocenters. The molecule has 176 valence electrons. The summed E-state index contributed by atoms with van der Waals surface area (Å²) in [6.07, 6.45) is 4.45. The first-order valence-corrected chi connectivity index (χ1v) is 10.6. The van der Waals surface area contributed by atoms with Crippen LogP contribution in [0, 0.1) is 0 Å². The molecule has 0 aliphatic rings. The highest BCUT2D eigenvalue weighted by molar-refractivity contribution is 5.91. The summed E-state index contributed by atoms with van der Waals surface area (Å²) >= 11 is 0. The van der Waals surface area contributed by atoms with Gasteiger partial charge in [-0.1, -0.05) is 18.2 Å². The van der Waals surface area contributed by atoms with E-state index < -0.39 is 35.7 Å². The third kappa shape index (κ3) is 6.58. The van der Waals surface area contributed by atoms with Gasteiger partial charge in [-0.2, -0.15) is 0 Å². The van der Waals surface area contributed by atoms with Crippen LogP contribution in [-0.2, 0) is 31.9 Å². The minimum absolute atomic E-state index is 0.157. The minimum atomic E-state index is -0.993. The number of amides is 2. The molecule has 0 aliphatic heterocycles. The van der Waals surface area contributed by atoms with Crippen molar-refractivity contribution in [3.05, 3.63) is 54.2 Å². The second kappa shape index (κ2) is 10.2. The minimum Gasteiger partial charge on any atom is -0.467 e. The number of aromatic amines is 2. The monoisotopic (exact) mass is 455 g/mol. The van der Waals surface area contributed by atoms with Crippen molar-refractivity contribution >= 4 is 28.9 Å². The van der Waals surface area contributed by atoms with Gasteiger partial charge in [-0.15, -0.1) is 0 Å². The molecule has 0 spiro atoms. The predicted octanol–water partition coefficient (Wildman–Crippen LogP) is 2.23. The number of aromatic nitrogens is 3. The average molecular weight is 456 g/mol. The molecule has 3 rings (SSSR count). The number of rotatable bonds is 8. The number of methoxy groups -OCH3 is 1. The number of carbonyl (C=O) groups excluding carboxylic acids is 3. The standard InChI is InChI=1S/C23H29N5O5/c1-23(2,3)33-22(31)28-18(9-14-11-25-17-8-6-5-7-16(14)17)20(29)27-19(21(30)32-4)10-15-12-24-13-26-15/h5-8,11-13,18-19,25H,9-10H2,1-4H3,(H,24,26)(H,27,29)(H,28,31)/t18-,19+/m0/s1. The van der Waals surface area contributed by atoms with E-state index in [-0.39, 0.29) is 12.8 Å². The quantitative estimate of drug-likeness (QED) is 0.384. The summed E-state index contributed by atoms with van der Waals surface area (Å²) in [6.45, 7) is 5.21. The second-order valence-corrected chi connectivity index (χ2v) is 8.63. The van der Waals surface area contributed by atoms with E-state index in [0.717, 1.165) is 16.5 Å². The third-order valence-corrected chi connectivity index (χ3v) is 4.89. The summed E-state index contributed by atoms with van der Waals surface area (Å²) in [5.41, 5.74) is 1.67. The van der Waals surface area contributed by atoms with Crippen molar-refractivity contribution in [2.45, 2.75) is 51.3 Å². The van der Waals surface area contributed by atoms with Gasteiger partial charge in [0.15, 0.2) is 0 Å². The highest BCUT2D eigenvalue weighted by Gasteiger charge is 2.30. The number of H-pyrrole nitrogens is 2. The van der Waals surface area contributed by atoms with Gasteiger partial charge in [0.05, 0.1) is 13.4 Å². The maximum atomic E-state index is 13.2. The first-order chi connectivity index (χ1) is 15.7. The predicted molar refractivity (Wildman–Crippen MR) is 121 cm³/mol. The highest BCUT2D eigenvalue weighted by atomic mass is 16.6. The van der Waals surface area contributed by atoms with Crippen molar-refractivity contribution in [1.82, 2.24) is 25.6 Å². The zero-order valence-electron chi connectivity index (χ0n) is 19.1. The van der Waals surface area contributed by atoms with E-state index in [9.17, 15) is 14.4 Å². The Hall–Kier alpha value is -3.82. The fourth-order valence-electron chi connectivity index (χ4n) is 3.40. The Morgan fingerprint density at radius 2 is 1.82 bits per heavy atom. The molecule has 10 nitrogen and oxygen atoms in total. The number of nitrogens with zero attached hydrogens (tertiary/aromatic N) is 1. The number of esters is 1. The van der Waals surface area contributed by atoms with Crippen molar-refractivity contribution in [2.24, 2.45) is 0 Å². The normalized spacial score (nSPS) is 13.2. The van der Waals surface area contributed by atoms with Gasteiger partial charge in [-0.3, -0.25) is 4.79 Å². The molecule has 0 bridgehead atoms. The van der Waals surface area contributed by atoms with Crippen LogP contribution >= 0.6 is 0 Å². The largest absolute Gasteiger partial charge is 0.467 e. The van der Waals surface area contributed by atoms with Crippen LogP contribution in [0.4, 0.5) is 4.79 Å². The molecule has 0 fully saturated rings. The van der Waals surface area contributed by atoms with E-state index in [0.29, 0.717) is 5.69 Å². The molecule has 4 N–H and O–H groups in total. The Bertz CT molecular complexity index is 1100. The van der Waals surface area contributed by atoms with Crippen molar-refractivity contribution < 1.29 is 23.9 Å². The Labute approximate surface area is 191 Å². The van der Waals surface area contributed by atoms with Crippen LogP contribution < -0.4 is 10.6 Å². The van der Waals surface area contributed by atoms with Gasteiger partial charge >= 0.3 is 12.1 Å². The fraction of sp³-hybridized carbons (Fsp3) is 0.391. The molecule has 0 saturated carbocycles. The molecule has 33 heavy (non-hydrogen) atoms. The summed E-state index contributed by atoms with van der Waals surface area (Å²) in [6, 6.07) is 5.70. The van der Waals surface area contributed by atoms with Crippen molar-refractivity contribution in [1.29, 1.82) is 0 Å². The van der Waals surface area contributed by atoms with Crippen LogP contribution in [0.25, 0.3) is 10.9 Å². The number of imidazole rings is 1. The number of fused-ring (bicyclic) bond motifs is 1. The van der Waals surface area contributed by atoms with Crippen LogP contribution in [0.1, 0.15) is 32.0 Å². The number of hydrogen-bond donors (Lipinski definition) is 4. The van der Waals surface area contributed by atoms with Gasteiger partial charge in [0.1, 0.15) is 17.7 Å². The lowest BCUT2D eigenvalue weighted by atomic mass is 10.0. The van der Waals surface area contributed by atoms with E-state index in [4.69, 9.17) is 9.47 Å². The SMILES string of the molecule is COC(=O)[C@@H](Cc1cnc[nH]1)NC(=O)[C@H](Cc1c[nH]c2ccccc12)NC(=O)OC(C)(C)C. The zero-order chi connectivity index (χ0) is 24.0. The fourth-order valence-corrected chi connectivity index (χ4v) is 3.40. The molecule has 2 heterocycles. The lowest BCUT2D eigenvalue weighted by molar-refractivity contribution is -0.145. The van der Waals surface area contributed by atoms with E-state index >= 15 is 0 Å². The Balaban J connectivity index is 1.82. The van der Waals surface area contributed by atoms with Crippen molar-refractivity contribution in [3.63, 3.8) is 0 Å². The first kappa shape index (κ1) is 23.8. The number of carbonyl (C=O) groups is 3. The summed E-state index contributed by atoms with van der Waals surface area (Å²) in [7, 11) is 1.25. The maximum Gasteiger partial charge on any atom is 0.408 e. The molecule has 2 atom stereocenters. The Kier molecular flexibility index (Phi) is 7.37. The van der Waals surface area contributed by atoms with E-state index in [2.05, 4.69) is 25.6 Å². The molecule has 2 aromatic heterocycles. The molecule has 3 aromatic rings. The number of para-hydroxylation sites is 1. The van der Waals surface area contributed by atoms with Crippen molar-refractivity contribution in [2.75, 3.05) is 7.11 Å². The number of alkyl carbamates (subject to hydrolysis) is 1. The first-order valence-electron chi connectivity index (χ1n) is 10.6. The lowest BCUT2D eigenvalue weighted by Crippen LogP contribution is -2.54. The van der Waals surface area contributed by atoms with E-state index in [1.807, 2.05) is 24.3 Å². The Morgan fingerprint density at radius 1 is 1.06 bits per heavy atom. The molecule has 10 heteroatoms. The lowest BCUT2D eigenvalue weighted by Gasteiger charge is -2.24. The van der Waals surface area contributed by atoms with Crippen LogP contribution in [0.2, 0.25) is 0 Å². The number of nitrogens with one attached hydrogen (secondary N) is 4. The smallest absolute Gasteiger partial charge is 0.408 e. The topological polar surface area (TPSA) is 138 Å². The maximum absolute atomic E-state index is 13.2. The van der Waals surface area contributed by atoms with E-state index in [1.54, 1.807) is 33.2 Å². The zero-order valence-corrected chi connectivity index (χ0v) is 19.1. The second-order valence-electron chi connectivity index (χ2n) is 8.63. The molecular formula is C23H29N5O5. The number of benzene rings is 1. The number of ether oxygens (including phenoxy) is 2. The van der Waals surface area contributed by atoms with Gasteiger partial charge in [0, 0.05) is 41.8 Å². The van der Waals surface area contributed by atoms with Crippen molar-refractivity contribution in [3.8, 4) is 0 Å². The van der Waals surface area contributed by atoms with Crippen LogP contribution in [0.5, 0.6) is 0 Å². The average Bonchev–Trinajstić information content (AvgIpc) is 3.41. The van der Waals surface area contributed by atoms with Crippen LogP contribution in [0.15, 0.2) is 43.0 Å². The highest BCUT2D eigenvalue weighted by Crippen LogP contribution is 2.19. The summed E-state index contributed by atoms with van der Waals surface area (Å²) in [5.74, 6) is -1.15. The molecule has 0 radical (unpaired) electrons. The van der Waals surface area contributed by atoms with Crippen LogP contribution in [-0.4, -0.2) is 57.7 Å². The third-order valence-electron chi connectivity index (χ3n) is 4.89. The number of hydrogen-bond acceptors (Lipinski definition) is 6. The molecular weight excluding hydrogens is 426 g/mol. The summed E-state index contributed by atoms with van der Waals surface area (Å²) < 4.78 is 10.2. The summed E-state index contributed by atoms with van der Waals surface area (Å²) in [5, 5.41) is 6.26. The molecule has 0 aliphatic carbocycles. The Morgan fingerprint density at radius 3 is 2.48 bits per heavy atom.